The Kier molecular flexibility index (Phi) is 13.0. The van der Waals surface area contributed by atoms with E-state index < -0.39 is 12.0 Å². The minimum atomic E-state index is -0.995. The van der Waals surface area contributed by atoms with Crippen molar-refractivity contribution >= 4 is 11.9 Å². The number of carbonyl (C=O) groups is 2. The molecule has 11 atom stereocenters. The molecular formula is C39H65N5O4. The maximum atomic E-state index is 13.0. The van der Waals surface area contributed by atoms with Crippen molar-refractivity contribution in [3.8, 4) is 0 Å². The van der Waals surface area contributed by atoms with Crippen molar-refractivity contribution in [2.45, 2.75) is 110 Å². The van der Waals surface area contributed by atoms with Gasteiger partial charge in [-0.1, -0.05) is 51.1 Å². The molecule has 4 fully saturated rings. The first-order valence-corrected chi connectivity index (χ1v) is 19.2. The Bertz CT molecular complexity index is 1190. The second-order valence-electron chi connectivity index (χ2n) is 16.4. The number of carboxylic acids is 1. The molecule has 270 valence electrons. The molecule has 4 aliphatic carbocycles. The van der Waals surface area contributed by atoms with Crippen LogP contribution in [0.2, 0.25) is 0 Å². The zero-order valence-corrected chi connectivity index (χ0v) is 29.9. The summed E-state index contributed by atoms with van der Waals surface area (Å²) in [5, 5.41) is 35.0. The average Bonchev–Trinajstić information content (AvgIpc) is 3.42. The molecule has 1 aromatic rings. The molecular weight excluding hydrogens is 602 g/mol. The normalized spacial score (nSPS) is 35.6. The monoisotopic (exact) mass is 668 g/mol. The van der Waals surface area contributed by atoms with Crippen molar-refractivity contribution in [2.24, 2.45) is 52.1 Å². The van der Waals surface area contributed by atoms with Gasteiger partial charge in [-0.25, -0.2) is 4.79 Å². The molecule has 9 heteroatoms. The van der Waals surface area contributed by atoms with Gasteiger partial charge in [0.1, 0.15) is 6.04 Å². The summed E-state index contributed by atoms with van der Waals surface area (Å²) in [5.41, 5.74) is 6.93. The lowest BCUT2D eigenvalue weighted by Crippen LogP contribution is -2.59. The van der Waals surface area contributed by atoms with Crippen LogP contribution in [-0.4, -0.2) is 79.5 Å². The molecule has 0 heterocycles. The number of amides is 1. The van der Waals surface area contributed by atoms with Gasteiger partial charge in [-0.15, -0.1) is 0 Å². The highest BCUT2D eigenvalue weighted by Crippen LogP contribution is 2.68. The third-order valence-corrected chi connectivity index (χ3v) is 13.7. The Balaban J connectivity index is 1.11. The van der Waals surface area contributed by atoms with Crippen molar-refractivity contribution in [1.29, 1.82) is 0 Å². The predicted molar refractivity (Wildman–Crippen MR) is 191 cm³/mol. The number of aliphatic carboxylic acids is 1. The molecule has 9 nitrogen and oxygen atoms in total. The molecule has 0 spiro atoms. The number of rotatable bonds is 17. The zero-order valence-electron chi connectivity index (χ0n) is 29.9. The van der Waals surface area contributed by atoms with Crippen LogP contribution in [-0.2, 0) is 16.0 Å². The van der Waals surface area contributed by atoms with Gasteiger partial charge in [0, 0.05) is 58.2 Å². The summed E-state index contributed by atoms with van der Waals surface area (Å²) < 4.78 is 0. The topological polar surface area (TPSA) is 149 Å². The molecule has 0 saturated heterocycles. The number of hydrogen-bond donors (Lipinski definition) is 7. The van der Waals surface area contributed by atoms with Crippen LogP contribution in [0.4, 0.5) is 0 Å². The highest BCUT2D eigenvalue weighted by Gasteiger charge is 2.62. The highest BCUT2D eigenvalue weighted by atomic mass is 16.4. The molecule has 4 saturated carbocycles. The van der Waals surface area contributed by atoms with E-state index in [1.54, 1.807) is 0 Å². The first-order chi connectivity index (χ1) is 23.1. The zero-order chi connectivity index (χ0) is 34.3. The smallest absolute Gasteiger partial charge is 0.326 e. The number of carbonyl (C=O) groups excluding carboxylic acids is 1. The molecule has 0 aromatic heterocycles. The predicted octanol–water partition coefficient (Wildman–Crippen LogP) is 3.94. The summed E-state index contributed by atoms with van der Waals surface area (Å²) in [5.74, 6) is 1.81. The minimum Gasteiger partial charge on any atom is -0.480 e. The highest BCUT2D eigenvalue weighted by molar-refractivity contribution is 5.83. The number of benzene rings is 1. The van der Waals surface area contributed by atoms with Gasteiger partial charge < -0.3 is 37.2 Å². The average molecular weight is 668 g/mol. The van der Waals surface area contributed by atoms with E-state index in [9.17, 15) is 19.8 Å². The maximum Gasteiger partial charge on any atom is 0.326 e. The number of fused-ring (bicyclic) bond motifs is 5. The lowest BCUT2D eigenvalue weighted by atomic mass is 9.43. The Labute approximate surface area is 289 Å². The van der Waals surface area contributed by atoms with Crippen LogP contribution < -0.4 is 27.0 Å². The fraction of sp³-hybridized carbons (Fsp3) is 0.795. The Morgan fingerprint density at radius 3 is 2.33 bits per heavy atom. The van der Waals surface area contributed by atoms with E-state index in [2.05, 4.69) is 42.0 Å². The van der Waals surface area contributed by atoms with E-state index in [4.69, 9.17) is 5.73 Å². The van der Waals surface area contributed by atoms with Crippen molar-refractivity contribution in [3.05, 3.63) is 35.9 Å². The van der Waals surface area contributed by atoms with E-state index in [0.29, 0.717) is 59.9 Å². The van der Waals surface area contributed by atoms with Crippen LogP contribution >= 0.6 is 0 Å². The van der Waals surface area contributed by atoms with Gasteiger partial charge in [0.15, 0.2) is 0 Å². The molecule has 3 unspecified atom stereocenters. The number of aliphatic hydroxyl groups excluding tert-OH is 1. The van der Waals surface area contributed by atoms with E-state index in [1.165, 1.54) is 38.5 Å². The van der Waals surface area contributed by atoms with Crippen molar-refractivity contribution in [2.75, 3.05) is 39.3 Å². The summed E-state index contributed by atoms with van der Waals surface area (Å²) in [4.78, 5) is 24.9. The van der Waals surface area contributed by atoms with Crippen LogP contribution in [0.5, 0.6) is 0 Å². The molecule has 48 heavy (non-hydrogen) atoms. The molecule has 1 aromatic carbocycles. The minimum absolute atomic E-state index is 0.174. The number of carboxylic acid groups (broad SMARTS) is 1. The lowest BCUT2D eigenvalue weighted by molar-refractivity contribution is -0.167. The largest absolute Gasteiger partial charge is 0.480 e. The molecule has 5 rings (SSSR count). The Morgan fingerprint density at radius 1 is 0.917 bits per heavy atom. The lowest BCUT2D eigenvalue weighted by Gasteiger charge is -2.62. The van der Waals surface area contributed by atoms with Gasteiger partial charge in [0.05, 0.1) is 6.10 Å². The fourth-order valence-electron chi connectivity index (χ4n) is 11.2. The maximum absolute atomic E-state index is 13.0. The van der Waals surface area contributed by atoms with Crippen molar-refractivity contribution in [3.63, 3.8) is 0 Å². The number of nitrogens with two attached hydrogens (primary N) is 1. The number of hydrogen-bond acceptors (Lipinski definition) is 7. The molecule has 0 aliphatic heterocycles. The van der Waals surface area contributed by atoms with Gasteiger partial charge in [-0.05, 0) is 110 Å². The number of aliphatic hydroxyl groups is 1. The quantitative estimate of drug-likeness (QED) is 0.124. The van der Waals surface area contributed by atoms with E-state index in [-0.39, 0.29) is 23.8 Å². The number of nitrogens with one attached hydrogen (secondary N) is 4. The summed E-state index contributed by atoms with van der Waals surface area (Å²) in [7, 11) is 0. The molecule has 4 aliphatic rings. The van der Waals surface area contributed by atoms with Gasteiger partial charge >= 0.3 is 5.97 Å². The molecule has 0 radical (unpaired) electrons. The first kappa shape index (κ1) is 37.2. The molecule has 8 N–H and O–H groups in total. The van der Waals surface area contributed by atoms with E-state index in [0.717, 1.165) is 57.5 Å². The summed E-state index contributed by atoms with van der Waals surface area (Å²) in [6.07, 6.45) is 10.5. The standard InChI is InChI=1S/C39H65N5O4/c1-26(9-12-35(46)44-33(37(47)48)23-27-7-5-4-6-8-27)30-10-11-31-36-32(14-16-39(30,31)3)38(2)15-13-29(24-28(38)25-34(36)45)43-22-21-42-20-19-41-18-17-40/h4-8,26,28-34,36,41-43,45H,9-25,40H2,1-3H3,(H,44,46)(H,47,48)/t26-,28+,29+,30-,31?,32?,33-,34-,36?,38+,39-/m1/s1. The van der Waals surface area contributed by atoms with Crippen molar-refractivity contribution in [1.82, 2.24) is 21.3 Å². The van der Waals surface area contributed by atoms with Crippen molar-refractivity contribution < 1.29 is 19.8 Å². The molecule has 0 bridgehead atoms. The van der Waals surface area contributed by atoms with Gasteiger partial charge in [0.25, 0.3) is 0 Å². The van der Waals surface area contributed by atoms with E-state index >= 15 is 0 Å². The van der Waals surface area contributed by atoms with Gasteiger partial charge in [-0.3, -0.25) is 4.79 Å². The Hall–Kier alpha value is -2.04. The molecule has 1 amide bonds. The summed E-state index contributed by atoms with van der Waals surface area (Å²) >= 11 is 0. The third-order valence-electron chi connectivity index (χ3n) is 13.7. The van der Waals surface area contributed by atoms with Crippen LogP contribution in [0, 0.1) is 46.3 Å². The van der Waals surface area contributed by atoms with Gasteiger partial charge in [-0.2, -0.15) is 0 Å². The van der Waals surface area contributed by atoms with Crippen LogP contribution in [0.25, 0.3) is 0 Å². The fourth-order valence-corrected chi connectivity index (χ4v) is 11.2. The second-order valence-corrected chi connectivity index (χ2v) is 16.4. The summed E-state index contributed by atoms with van der Waals surface area (Å²) in [6.45, 7) is 12.8. The third kappa shape index (κ3) is 8.45. The van der Waals surface area contributed by atoms with Crippen LogP contribution in [0.15, 0.2) is 30.3 Å². The Morgan fingerprint density at radius 2 is 1.60 bits per heavy atom. The SMILES string of the molecule is C[C@H](CCC(=O)N[C@H](Cc1ccccc1)C(=O)O)[C@H]1CCC2C3C(CC[C@@]21C)[C@@]1(C)CC[C@H](NCCNCCNCCN)C[C@H]1C[C@H]3O. The van der Waals surface area contributed by atoms with Gasteiger partial charge in [0.2, 0.25) is 5.91 Å². The van der Waals surface area contributed by atoms with Crippen LogP contribution in [0.1, 0.15) is 90.5 Å². The summed E-state index contributed by atoms with van der Waals surface area (Å²) in [6, 6.07) is 9.10. The first-order valence-electron chi connectivity index (χ1n) is 19.2. The van der Waals surface area contributed by atoms with Crippen LogP contribution in [0.3, 0.4) is 0 Å². The second kappa shape index (κ2) is 16.8. The van der Waals surface area contributed by atoms with E-state index in [1.807, 2.05) is 30.3 Å².